The van der Waals surface area contributed by atoms with Gasteiger partial charge in [0.15, 0.2) is 9.84 Å². The van der Waals surface area contributed by atoms with Crippen molar-refractivity contribution in [3.05, 3.63) is 24.3 Å². The van der Waals surface area contributed by atoms with Gasteiger partial charge >= 0.3 is 0 Å². The van der Waals surface area contributed by atoms with Crippen molar-refractivity contribution in [1.29, 1.82) is 0 Å². The van der Waals surface area contributed by atoms with Gasteiger partial charge in [-0.25, -0.2) is 8.42 Å². The summed E-state index contributed by atoms with van der Waals surface area (Å²) in [4.78, 5) is 14.1. The van der Waals surface area contributed by atoms with Gasteiger partial charge in [-0.1, -0.05) is 11.8 Å². The lowest BCUT2D eigenvalue weighted by Crippen LogP contribution is -2.41. The van der Waals surface area contributed by atoms with E-state index in [0.29, 0.717) is 12.3 Å². The lowest BCUT2D eigenvalue weighted by atomic mass is 10.2. The molecular weight excluding hydrogens is 390 g/mol. The molecule has 1 aromatic carbocycles. The minimum Gasteiger partial charge on any atom is -0.497 e. The van der Waals surface area contributed by atoms with Gasteiger partial charge in [-0.05, 0) is 37.6 Å². The zero-order chi connectivity index (χ0) is 19.6. The van der Waals surface area contributed by atoms with E-state index in [0.717, 1.165) is 23.1 Å². The highest BCUT2D eigenvalue weighted by Crippen LogP contribution is 2.28. The molecule has 0 radical (unpaired) electrons. The first-order chi connectivity index (χ1) is 12.8. The molecule has 2 aromatic rings. The van der Waals surface area contributed by atoms with Gasteiger partial charge in [0.05, 0.1) is 23.9 Å². The van der Waals surface area contributed by atoms with Crippen LogP contribution in [0.3, 0.4) is 0 Å². The summed E-state index contributed by atoms with van der Waals surface area (Å²) in [6.45, 7) is 1.74. The summed E-state index contributed by atoms with van der Waals surface area (Å²) in [5, 5.41) is 7.82. The predicted octanol–water partition coefficient (Wildman–Crippen LogP) is 1.87. The SMILES string of the molecule is COc1ccc(-c2nnc(S[C@H](C)C(=O)N(C)[C@H]3CCS(=O)(=O)C3)o2)cc1. The smallest absolute Gasteiger partial charge is 0.277 e. The third-order valence-corrected chi connectivity index (χ3v) is 7.14. The summed E-state index contributed by atoms with van der Waals surface area (Å²) in [5.41, 5.74) is 0.752. The molecule has 8 nitrogen and oxygen atoms in total. The molecule has 1 fully saturated rings. The van der Waals surface area contributed by atoms with Crippen LogP contribution >= 0.6 is 11.8 Å². The topological polar surface area (TPSA) is 103 Å². The molecule has 146 valence electrons. The molecule has 1 aliphatic heterocycles. The molecule has 0 N–H and O–H groups in total. The maximum Gasteiger partial charge on any atom is 0.277 e. The number of carbonyl (C=O) groups is 1. The van der Waals surface area contributed by atoms with Gasteiger partial charge in [-0.15, -0.1) is 10.2 Å². The van der Waals surface area contributed by atoms with Gasteiger partial charge in [0, 0.05) is 18.7 Å². The number of carbonyl (C=O) groups excluding carboxylic acids is 1. The van der Waals surface area contributed by atoms with Crippen LogP contribution in [-0.2, 0) is 14.6 Å². The lowest BCUT2D eigenvalue weighted by molar-refractivity contribution is -0.130. The minimum atomic E-state index is -3.04. The van der Waals surface area contributed by atoms with Crippen LogP contribution in [0.5, 0.6) is 5.75 Å². The lowest BCUT2D eigenvalue weighted by Gasteiger charge is -2.25. The van der Waals surface area contributed by atoms with Crippen molar-refractivity contribution in [2.45, 2.75) is 29.9 Å². The first-order valence-corrected chi connectivity index (χ1v) is 11.1. The molecule has 0 bridgehead atoms. The van der Waals surface area contributed by atoms with Crippen molar-refractivity contribution in [2.75, 3.05) is 25.7 Å². The molecule has 2 atom stereocenters. The van der Waals surface area contributed by atoms with Crippen molar-refractivity contribution >= 4 is 27.5 Å². The van der Waals surface area contributed by atoms with Crippen LogP contribution in [0.1, 0.15) is 13.3 Å². The second-order valence-corrected chi connectivity index (χ2v) is 9.89. The van der Waals surface area contributed by atoms with Crippen LogP contribution in [0.4, 0.5) is 0 Å². The molecule has 2 heterocycles. The Balaban J connectivity index is 1.63. The normalized spacial score (nSPS) is 19.6. The van der Waals surface area contributed by atoms with Gasteiger partial charge in [-0.2, -0.15) is 0 Å². The average molecular weight is 412 g/mol. The number of benzene rings is 1. The Labute approximate surface area is 162 Å². The predicted molar refractivity (Wildman–Crippen MR) is 101 cm³/mol. The van der Waals surface area contributed by atoms with E-state index in [1.54, 1.807) is 33.2 Å². The number of sulfone groups is 1. The van der Waals surface area contributed by atoms with Crippen molar-refractivity contribution in [3.63, 3.8) is 0 Å². The molecule has 27 heavy (non-hydrogen) atoms. The number of methoxy groups -OCH3 is 1. The van der Waals surface area contributed by atoms with E-state index in [-0.39, 0.29) is 28.7 Å². The molecule has 1 aliphatic rings. The largest absolute Gasteiger partial charge is 0.497 e. The highest BCUT2D eigenvalue weighted by Gasteiger charge is 2.34. The quantitative estimate of drug-likeness (QED) is 0.664. The number of amides is 1. The third kappa shape index (κ3) is 4.62. The van der Waals surface area contributed by atoms with E-state index in [2.05, 4.69) is 10.2 Å². The van der Waals surface area contributed by atoms with Crippen molar-refractivity contribution in [3.8, 4) is 17.2 Å². The van der Waals surface area contributed by atoms with Gasteiger partial charge in [0.1, 0.15) is 5.75 Å². The summed E-state index contributed by atoms with van der Waals surface area (Å²) >= 11 is 1.16. The van der Waals surface area contributed by atoms with Crippen molar-refractivity contribution in [2.24, 2.45) is 0 Å². The van der Waals surface area contributed by atoms with E-state index >= 15 is 0 Å². The number of ether oxygens (including phenoxy) is 1. The number of hydrogen-bond donors (Lipinski definition) is 0. The van der Waals surface area contributed by atoms with Gasteiger partial charge in [-0.3, -0.25) is 4.79 Å². The van der Waals surface area contributed by atoms with Crippen LogP contribution in [0.2, 0.25) is 0 Å². The zero-order valence-corrected chi connectivity index (χ0v) is 16.9. The average Bonchev–Trinajstić information content (AvgIpc) is 3.26. The van der Waals surface area contributed by atoms with E-state index in [4.69, 9.17) is 9.15 Å². The van der Waals surface area contributed by atoms with Gasteiger partial charge in [0.2, 0.25) is 11.8 Å². The maximum atomic E-state index is 12.6. The maximum absolute atomic E-state index is 12.6. The van der Waals surface area contributed by atoms with Gasteiger partial charge < -0.3 is 14.1 Å². The Morgan fingerprint density at radius 1 is 1.33 bits per heavy atom. The molecule has 1 amide bonds. The molecule has 0 spiro atoms. The standard InChI is InChI=1S/C17H21N3O5S2/c1-11(16(21)20(2)13-8-9-27(22,23)10-13)26-17-19-18-15(25-17)12-4-6-14(24-3)7-5-12/h4-7,11,13H,8-10H2,1-3H3/t11-,13+/m1/s1. The highest BCUT2D eigenvalue weighted by molar-refractivity contribution is 8.00. The van der Waals surface area contributed by atoms with Crippen molar-refractivity contribution in [1.82, 2.24) is 15.1 Å². The zero-order valence-electron chi connectivity index (χ0n) is 15.3. The Kier molecular flexibility index (Phi) is 5.75. The number of hydrogen-bond acceptors (Lipinski definition) is 8. The van der Waals surface area contributed by atoms with E-state index in [9.17, 15) is 13.2 Å². The van der Waals surface area contributed by atoms with Gasteiger partial charge in [0.25, 0.3) is 5.22 Å². The van der Waals surface area contributed by atoms with Crippen molar-refractivity contribution < 1.29 is 22.4 Å². The fraction of sp³-hybridized carbons (Fsp3) is 0.471. The van der Waals surface area contributed by atoms with Crippen LogP contribution in [-0.4, -0.2) is 66.4 Å². The summed E-state index contributed by atoms with van der Waals surface area (Å²) in [7, 11) is 0.189. The minimum absolute atomic E-state index is 0.0226. The monoisotopic (exact) mass is 411 g/mol. The second-order valence-electron chi connectivity index (χ2n) is 6.37. The molecule has 0 saturated carbocycles. The summed E-state index contributed by atoms with van der Waals surface area (Å²) in [6.07, 6.45) is 0.476. The Hall–Kier alpha value is -2.07. The molecule has 10 heteroatoms. The first kappa shape index (κ1) is 19.7. The van der Waals surface area contributed by atoms with Crippen LogP contribution in [0, 0.1) is 0 Å². The first-order valence-electron chi connectivity index (χ1n) is 8.41. The highest BCUT2D eigenvalue weighted by atomic mass is 32.2. The second kappa shape index (κ2) is 7.89. The summed E-state index contributed by atoms with van der Waals surface area (Å²) in [5.74, 6) is 1.07. The number of nitrogens with zero attached hydrogens (tertiary/aromatic N) is 3. The Morgan fingerprint density at radius 2 is 2.04 bits per heavy atom. The number of rotatable bonds is 6. The summed E-state index contributed by atoms with van der Waals surface area (Å²) < 4.78 is 34.0. The third-order valence-electron chi connectivity index (χ3n) is 4.47. The van der Waals surface area contributed by atoms with E-state index < -0.39 is 15.1 Å². The van der Waals surface area contributed by atoms with E-state index in [1.165, 1.54) is 4.90 Å². The fourth-order valence-corrected chi connectivity index (χ4v) is 5.42. The van der Waals surface area contributed by atoms with Crippen LogP contribution in [0.25, 0.3) is 11.5 Å². The molecule has 1 saturated heterocycles. The number of thioether (sulfide) groups is 1. The molecule has 0 aliphatic carbocycles. The molecule has 3 rings (SSSR count). The molecule has 0 unspecified atom stereocenters. The van der Waals surface area contributed by atoms with Crippen LogP contribution in [0.15, 0.2) is 33.9 Å². The summed E-state index contributed by atoms with van der Waals surface area (Å²) in [6, 6.07) is 6.93. The Bertz CT molecular complexity index is 911. The Morgan fingerprint density at radius 3 is 2.63 bits per heavy atom. The fourth-order valence-electron chi connectivity index (χ4n) is 2.86. The molecule has 1 aromatic heterocycles. The van der Waals surface area contributed by atoms with E-state index in [1.807, 2.05) is 12.1 Å². The number of aromatic nitrogens is 2. The van der Waals surface area contributed by atoms with Crippen LogP contribution < -0.4 is 4.74 Å². The molecular formula is C17H21N3O5S2.